The number of benzene rings is 2. The maximum Gasteiger partial charge on any atom is 0.186 e. The maximum absolute atomic E-state index is 10.6. The number of aliphatic hydroxyl groups excluding tert-OH is 1. The van der Waals surface area contributed by atoms with E-state index in [0.29, 0.717) is 21.8 Å². The topological polar surface area (TPSA) is 125 Å². The Labute approximate surface area is 207 Å². The monoisotopic (exact) mass is 540 g/mol. The lowest BCUT2D eigenvalue weighted by atomic mass is 10.1. The number of nitrogens with zero attached hydrogens (tertiary/aromatic N) is 2. The van der Waals surface area contributed by atoms with Crippen molar-refractivity contribution in [1.29, 1.82) is 0 Å². The van der Waals surface area contributed by atoms with Gasteiger partial charge in [0.05, 0.1) is 17.6 Å². The van der Waals surface area contributed by atoms with E-state index < -0.39 is 24.8 Å². The number of hydrogen-bond donors (Lipinski definition) is 3. The normalized spacial score (nSPS) is 16.3. The molecule has 2 rings (SSSR count). The molecule has 0 aromatic heterocycles. The summed E-state index contributed by atoms with van der Waals surface area (Å²) in [5, 5.41) is 11.1. The van der Waals surface area contributed by atoms with Crippen LogP contribution in [0.15, 0.2) is 63.0 Å². The van der Waals surface area contributed by atoms with Crippen molar-refractivity contribution in [2.24, 2.45) is 21.5 Å². The molecule has 0 bridgehead atoms. The summed E-state index contributed by atoms with van der Waals surface area (Å²) >= 11 is 9.56. The van der Waals surface area contributed by atoms with Crippen molar-refractivity contribution in [3.8, 4) is 0 Å². The molecule has 5 N–H and O–H groups in total. The first-order valence-electron chi connectivity index (χ1n) is 10.4. The summed E-state index contributed by atoms with van der Waals surface area (Å²) in [5.74, 6) is 0.355. The summed E-state index contributed by atoms with van der Waals surface area (Å²) in [5.41, 5.74) is 12.9. The van der Waals surface area contributed by atoms with Crippen molar-refractivity contribution in [2.75, 3.05) is 13.2 Å². The Morgan fingerprint density at radius 1 is 1.18 bits per heavy atom. The summed E-state index contributed by atoms with van der Waals surface area (Å²) in [6.07, 6.45) is -3.64. The van der Waals surface area contributed by atoms with Gasteiger partial charge in [-0.3, -0.25) is 0 Å². The molecule has 0 radical (unpaired) electrons. The summed E-state index contributed by atoms with van der Waals surface area (Å²) in [6, 6.07) is 14.6. The Bertz CT molecular complexity index is 941. The molecule has 2 aromatic rings. The van der Waals surface area contributed by atoms with E-state index in [2.05, 4.69) is 25.9 Å². The van der Waals surface area contributed by atoms with Crippen LogP contribution in [-0.2, 0) is 14.2 Å². The Hall–Kier alpha value is -1.85. The van der Waals surface area contributed by atoms with Gasteiger partial charge in [0.25, 0.3) is 0 Å². The van der Waals surface area contributed by atoms with Crippen LogP contribution in [0.4, 0.5) is 5.69 Å². The first kappa shape index (κ1) is 27.4. The third-order valence-electron chi connectivity index (χ3n) is 4.32. The van der Waals surface area contributed by atoms with Gasteiger partial charge < -0.3 is 30.8 Å². The number of ether oxygens (including phenoxy) is 3. The number of rotatable bonds is 11. The zero-order chi connectivity index (χ0) is 24.4. The highest BCUT2D eigenvalue weighted by atomic mass is 79.9. The number of amidine groups is 2. The van der Waals surface area contributed by atoms with Gasteiger partial charge in [-0.2, -0.15) is 0 Å². The predicted molar refractivity (Wildman–Crippen MR) is 135 cm³/mol. The first-order chi connectivity index (χ1) is 15.7. The van der Waals surface area contributed by atoms with Crippen molar-refractivity contribution in [1.82, 2.24) is 0 Å². The zero-order valence-corrected chi connectivity index (χ0v) is 21.2. The highest BCUT2D eigenvalue weighted by Crippen LogP contribution is 2.30. The SMILES string of the molecule is CCOC(OC(C)OC(C(N=C(C)N)=Nc1cc(Cl)ccc1Br)C(O)CN)c1ccccc1. The van der Waals surface area contributed by atoms with E-state index in [9.17, 15) is 5.11 Å². The van der Waals surface area contributed by atoms with E-state index in [1.165, 1.54) is 0 Å². The maximum atomic E-state index is 10.6. The second kappa shape index (κ2) is 13.8. The molecule has 2 aromatic carbocycles. The fourth-order valence-electron chi connectivity index (χ4n) is 2.86. The Kier molecular flexibility index (Phi) is 11.4. The van der Waals surface area contributed by atoms with E-state index in [1.807, 2.05) is 37.3 Å². The molecule has 0 aliphatic carbocycles. The molecule has 0 aliphatic rings. The first-order valence-corrected chi connectivity index (χ1v) is 11.6. The van der Waals surface area contributed by atoms with Crippen LogP contribution in [0.5, 0.6) is 0 Å². The molecule has 33 heavy (non-hydrogen) atoms. The van der Waals surface area contributed by atoms with Crippen molar-refractivity contribution in [3.63, 3.8) is 0 Å². The lowest BCUT2D eigenvalue weighted by molar-refractivity contribution is -0.253. The van der Waals surface area contributed by atoms with Gasteiger partial charge in [0.2, 0.25) is 0 Å². The minimum Gasteiger partial charge on any atom is -0.389 e. The molecule has 0 spiro atoms. The molecule has 0 saturated carbocycles. The average Bonchev–Trinajstić information content (AvgIpc) is 2.79. The van der Waals surface area contributed by atoms with Crippen molar-refractivity contribution >= 4 is 44.9 Å². The summed E-state index contributed by atoms with van der Waals surface area (Å²) in [7, 11) is 0. The van der Waals surface area contributed by atoms with Crippen LogP contribution < -0.4 is 11.5 Å². The number of hydrogen-bond acceptors (Lipinski definition) is 6. The molecule has 0 aliphatic heterocycles. The molecular weight excluding hydrogens is 512 g/mol. The molecule has 10 heteroatoms. The van der Waals surface area contributed by atoms with Crippen LogP contribution >= 0.6 is 27.5 Å². The quantitative estimate of drug-likeness (QED) is 0.221. The minimum atomic E-state index is -1.13. The highest BCUT2D eigenvalue weighted by Gasteiger charge is 2.29. The van der Waals surface area contributed by atoms with Gasteiger partial charge >= 0.3 is 0 Å². The summed E-state index contributed by atoms with van der Waals surface area (Å²) in [4.78, 5) is 8.84. The van der Waals surface area contributed by atoms with Gasteiger partial charge in [-0.25, -0.2) is 9.98 Å². The fourth-order valence-corrected chi connectivity index (χ4v) is 3.36. The Morgan fingerprint density at radius 2 is 1.88 bits per heavy atom. The summed E-state index contributed by atoms with van der Waals surface area (Å²) in [6.45, 7) is 5.51. The standard InChI is InChI=1S/C23H30BrClN4O4/c1-4-31-23(16-8-6-5-7-9-16)33-15(3)32-21(20(30)13-26)22(28-14(2)27)29-19-12-17(25)10-11-18(19)24/h5-12,15,20-21,23,30H,4,13,26H2,1-3H3,(H2,27,28,29). The van der Waals surface area contributed by atoms with Gasteiger partial charge in [-0.15, -0.1) is 0 Å². The highest BCUT2D eigenvalue weighted by molar-refractivity contribution is 9.10. The van der Waals surface area contributed by atoms with Crippen LogP contribution in [0, 0.1) is 0 Å². The van der Waals surface area contributed by atoms with E-state index in [-0.39, 0.29) is 18.2 Å². The Morgan fingerprint density at radius 3 is 2.48 bits per heavy atom. The molecule has 0 amide bonds. The van der Waals surface area contributed by atoms with Crippen LogP contribution in [0.25, 0.3) is 0 Å². The third kappa shape index (κ3) is 8.78. The second-order valence-corrected chi connectivity index (χ2v) is 8.37. The van der Waals surface area contributed by atoms with Crippen LogP contribution in [0.3, 0.4) is 0 Å². The molecule has 4 atom stereocenters. The van der Waals surface area contributed by atoms with E-state index in [0.717, 1.165) is 5.56 Å². The van der Waals surface area contributed by atoms with Crippen LogP contribution in [0.2, 0.25) is 5.02 Å². The van der Waals surface area contributed by atoms with Crippen LogP contribution in [-0.4, -0.2) is 48.4 Å². The number of aliphatic hydroxyl groups is 1. The van der Waals surface area contributed by atoms with Crippen molar-refractivity contribution in [3.05, 3.63) is 63.6 Å². The lowest BCUT2D eigenvalue weighted by Crippen LogP contribution is -2.43. The molecular formula is C23H30BrClN4O4. The fraction of sp³-hybridized carbons (Fsp3) is 0.391. The summed E-state index contributed by atoms with van der Waals surface area (Å²) < 4.78 is 18.4. The molecule has 180 valence electrons. The number of nitrogens with two attached hydrogens (primary N) is 2. The van der Waals surface area contributed by atoms with Gasteiger partial charge in [0.1, 0.15) is 6.10 Å². The molecule has 4 unspecified atom stereocenters. The molecule has 8 nitrogen and oxygen atoms in total. The smallest absolute Gasteiger partial charge is 0.186 e. The largest absolute Gasteiger partial charge is 0.389 e. The van der Waals surface area contributed by atoms with Gasteiger partial charge in [-0.1, -0.05) is 41.9 Å². The zero-order valence-electron chi connectivity index (χ0n) is 18.8. The third-order valence-corrected chi connectivity index (χ3v) is 5.23. The number of aliphatic imine (C=N–C) groups is 2. The van der Waals surface area contributed by atoms with Gasteiger partial charge in [-0.05, 0) is 54.9 Å². The van der Waals surface area contributed by atoms with Gasteiger partial charge in [0.15, 0.2) is 18.4 Å². The lowest BCUT2D eigenvalue weighted by Gasteiger charge is -2.28. The Balaban J connectivity index is 2.35. The average molecular weight is 542 g/mol. The van der Waals surface area contributed by atoms with E-state index in [1.54, 1.807) is 32.0 Å². The predicted octanol–water partition coefficient (Wildman–Crippen LogP) is 4.31. The van der Waals surface area contributed by atoms with Crippen molar-refractivity contribution in [2.45, 2.75) is 45.6 Å². The minimum absolute atomic E-state index is 0.0974. The van der Waals surface area contributed by atoms with Crippen molar-refractivity contribution < 1.29 is 19.3 Å². The number of halogens is 2. The van der Waals surface area contributed by atoms with Gasteiger partial charge in [0, 0.05) is 28.2 Å². The second-order valence-electron chi connectivity index (χ2n) is 7.08. The van der Waals surface area contributed by atoms with Crippen LogP contribution in [0.1, 0.15) is 32.6 Å². The van der Waals surface area contributed by atoms with E-state index in [4.69, 9.17) is 37.3 Å². The molecule has 0 heterocycles. The molecule has 0 fully saturated rings. The van der Waals surface area contributed by atoms with E-state index >= 15 is 0 Å². The molecule has 0 saturated heterocycles.